The van der Waals surface area contributed by atoms with Crippen molar-refractivity contribution in [2.45, 2.75) is 25.1 Å². The van der Waals surface area contributed by atoms with Crippen LogP contribution in [0.4, 0.5) is 4.39 Å². The molecule has 1 aromatic carbocycles. The average molecular weight is 421 g/mol. The van der Waals surface area contributed by atoms with E-state index in [0.717, 1.165) is 5.56 Å². The number of guanidine groups is 1. The van der Waals surface area contributed by atoms with Gasteiger partial charge in [0.05, 0.1) is 10.5 Å². The van der Waals surface area contributed by atoms with E-state index in [-0.39, 0.29) is 11.6 Å². The highest BCUT2D eigenvalue weighted by molar-refractivity contribution is 7.92. The van der Waals surface area contributed by atoms with Crippen LogP contribution in [-0.2, 0) is 16.4 Å². The number of hydrogen-bond acceptors (Lipinski definition) is 5. The molecule has 0 atom stereocenters. The smallest absolute Gasteiger partial charge is 0.219 e. The number of halogens is 1. The zero-order valence-electron chi connectivity index (χ0n) is 16.7. The lowest BCUT2D eigenvalue weighted by Gasteiger charge is -2.39. The van der Waals surface area contributed by atoms with Crippen LogP contribution >= 0.6 is 0 Å². The molecule has 1 aliphatic rings. The van der Waals surface area contributed by atoms with Gasteiger partial charge in [-0.1, -0.05) is 6.07 Å². The molecule has 3 rings (SSSR count). The topological polar surface area (TPSA) is 83.9 Å². The van der Waals surface area contributed by atoms with Crippen LogP contribution in [0.5, 0.6) is 11.6 Å². The maximum absolute atomic E-state index is 13.0. The van der Waals surface area contributed by atoms with Gasteiger partial charge in [-0.25, -0.2) is 17.8 Å². The largest absolute Gasteiger partial charge is 0.439 e. The molecular weight excluding hydrogens is 395 g/mol. The number of rotatable bonds is 4. The van der Waals surface area contributed by atoms with Crippen molar-refractivity contribution >= 4 is 15.8 Å². The fourth-order valence-electron chi connectivity index (χ4n) is 3.04. The summed E-state index contributed by atoms with van der Waals surface area (Å²) in [6.07, 6.45) is 1.68. The van der Waals surface area contributed by atoms with E-state index >= 15 is 0 Å². The van der Waals surface area contributed by atoms with E-state index in [1.165, 1.54) is 24.3 Å². The second kappa shape index (κ2) is 8.36. The second-order valence-corrected chi connectivity index (χ2v) is 10.2. The van der Waals surface area contributed by atoms with Crippen molar-refractivity contribution in [3.8, 4) is 11.6 Å². The Balaban J connectivity index is 1.58. The predicted molar refractivity (Wildman–Crippen MR) is 110 cm³/mol. The zero-order valence-corrected chi connectivity index (χ0v) is 17.5. The van der Waals surface area contributed by atoms with E-state index in [2.05, 4.69) is 15.3 Å². The first-order valence-corrected chi connectivity index (χ1v) is 10.9. The van der Waals surface area contributed by atoms with E-state index < -0.39 is 14.6 Å². The molecule has 0 radical (unpaired) electrons. The van der Waals surface area contributed by atoms with Crippen molar-refractivity contribution in [2.75, 3.05) is 25.9 Å². The van der Waals surface area contributed by atoms with E-state index in [4.69, 9.17) is 4.74 Å². The molecule has 29 heavy (non-hydrogen) atoms. The molecule has 0 spiro atoms. The molecule has 7 nitrogen and oxygen atoms in total. The molecular formula is C20H25FN4O3S. The number of nitrogens with zero attached hydrogens (tertiary/aromatic N) is 3. The van der Waals surface area contributed by atoms with Gasteiger partial charge in [-0.15, -0.1) is 0 Å². The maximum Gasteiger partial charge on any atom is 0.219 e. The monoisotopic (exact) mass is 420 g/mol. The quantitative estimate of drug-likeness (QED) is 0.605. The lowest BCUT2D eigenvalue weighted by molar-refractivity contribution is 0.353. The number of pyridine rings is 1. The minimum atomic E-state index is -3.10. The third kappa shape index (κ3) is 5.03. The van der Waals surface area contributed by atoms with Gasteiger partial charge in [-0.05, 0) is 43.7 Å². The van der Waals surface area contributed by atoms with Crippen LogP contribution in [0.15, 0.2) is 47.6 Å². The van der Waals surface area contributed by atoms with Gasteiger partial charge in [-0.3, -0.25) is 4.99 Å². The van der Waals surface area contributed by atoms with Crippen LogP contribution in [0, 0.1) is 5.82 Å². The molecule has 1 aliphatic heterocycles. The molecule has 1 saturated heterocycles. The summed E-state index contributed by atoms with van der Waals surface area (Å²) >= 11 is 0. The Labute approximate surface area is 170 Å². The highest BCUT2D eigenvalue weighted by Crippen LogP contribution is 2.24. The third-order valence-electron chi connectivity index (χ3n) is 4.84. The number of aliphatic imine (C=N–C) groups is 1. The summed E-state index contributed by atoms with van der Waals surface area (Å²) in [7, 11) is -1.43. The Hall–Kier alpha value is -2.68. The molecule has 1 aromatic heterocycles. The summed E-state index contributed by atoms with van der Waals surface area (Å²) in [5, 5.41) is 3.25. The first kappa shape index (κ1) is 21.0. The SMILES string of the molecule is CN=C(NCc1ccc(Oc2ccc(F)cc2)nc1)N1CCS(=O)(=O)C(C)(C)C1. The lowest BCUT2D eigenvalue weighted by atomic mass is 10.2. The molecule has 1 fully saturated rings. The second-order valence-electron chi connectivity index (χ2n) is 7.46. The van der Waals surface area contributed by atoms with Gasteiger partial charge in [-0.2, -0.15) is 0 Å². The van der Waals surface area contributed by atoms with Crippen molar-refractivity contribution < 1.29 is 17.5 Å². The molecule has 0 saturated carbocycles. The molecule has 0 aliphatic carbocycles. The van der Waals surface area contributed by atoms with Crippen molar-refractivity contribution in [3.63, 3.8) is 0 Å². The van der Waals surface area contributed by atoms with Gasteiger partial charge in [0.1, 0.15) is 11.6 Å². The molecule has 156 valence electrons. The van der Waals surface area contributed by atoms with E-state index in [1.54, 1.807) is 33.2 Å². The van der Waals surface area contributed by atoms with E-state index in [9.17, 15) is 12.8 Å². The third-order valence-corrected chi connectivity index (χ3v) is 7.37. The lowest BCUT2D eigenvalue weighted by Crippen LogP contribution is -2.57. The Bertz CT molecular complexity index is 974. The number of sulfone groups is 1. The van der Waals surface area contributed by atoms with Crippen molar-refractivity contribution in [3.05, 3.63) is 54.0 Å². The molecule has 0 amide bonds. The first-order chi connectivity index (χ1) is 13.7. The number of aromatic nitrogens is 1. The van der Waals surface area contributed by atoms with Crippen LogP contribution in [-0.4, -0.2) is 54.9 Å². The van der Waals surface area contributed by atoms with Crippen molar-refractivity contribution in [2.24, 2.45) is 4.99 Å². The molecule has 9 heteroatoms. The van der Waals surface area contributed by atoms with Gasteiger partial charge < -0.3 is 15.0 Å². The Morgan fingerprint density at radius 3 is 2.59 bits per heavy atom. The molecule has 0 bridgehead atoms. The van der Waals surface area contributed by atoms with E-state index in [1.807, 2.05) is 11.0 Å². The zero-order chi connectivity index (χ0) is 21.1. The number of nitrogens with one attached hydrogen (secondary N) is 1. The van der Waals surface area contributed by atoms with Gasteiger partial charge >= 0.3 is 0 Å². The molecule has 0 unspecified atom stereocenters. The minimum Gasteiger partial charge on any atom is -0.439 e. The molecule has 2 heterocycles. The Morgan fingerprint density at radius 1 is 1.28 bits per heavy atom. The summed E-state index contributed by atoms with van der Waals surface area (Å²) in [5.74, 6) is 1.35. The first-order valence-electron chi connectivity index (χ1n) is 9.26. The Kier molecular flexibility index (Phi) is 6.07. The fourth-order valence-corrected chi connectivity index (χ4v) is 4.40. The maximum atomic E-state index is 13.0. The highest BCUT2D eigenvalue weighted by Gasteiger charge is 2.40. The van der Waals surface area contributed by atoms with Crippen LogP contribution in [0.2, 0.25) is 0 Å². The van der Waals surface area contributed by atoms with Gasteiger partial charge in [0.2, 0.25) is 5.88 Å². The number of hydrogen-bond donors (Lipinski definition) is 1. The van der Waals surface area contributed by atoms with E-state index in [0.29, 0.717) is 37.2 Å². The van der Waals surface area contributed by atoms with Crippen LogP contribution < -0.4 is 10.1 Å². The average Bonchev–Trinajstić information content (AvgIpc) is 2.68. The summed E-state index contributed by atoms with van der Waals surface area (Å²) in [4.78, 5) is 10.5. The molecule has 2 aromatic rings. The standard InChI is InChI=1S/C20H25FN4O3S/c1-20(2)14-25(10-11-29(20,26)27)19(22-3)24-13-15-4-9-18(23-12-15)28-17-7-5-16(21)6-8-17/h4-9,12H,10-11,13-14H2,1-3H3,(H,22,24). The summed E-state index contributed by atoms with van der Waals surface area (Å²) in [5.41, 5.74) is 0.918. The number of ether oxygens (including phenoxy) is 1. The van der Waals surface area contributed by atoms with Crippen molar-refractivity contribution in [1.29, 1.82) is 0 Å². The van der Waals surface area contributed by atoms with Crippen molar-refractivity contribution in [1.82, 2.24) is 15.2 Å². The van der Waals surface area contributed by atoms with Gasteiger partial charge in [0, 0.05) is 38.9 Å². The highest BCUT2D eigenvalue weighted by atomic mass is 32.2. The number of benzene rings is 1. The molecule has 1 N–H and O–H groups in total. The normalized spacial score (nSPS) is 18.3. The summed E-state index contributed by atoms with van der Waals surface area (Å²) < 4.78 is 42.1. The fraction of sp³-hybridized carbons (Fsp3) is 0.400. The summed E-state index contributed by atoms with van der Waals surface area (Å²) in [6, 6.07) is 9.34. The van der Waals surface area contributed by atoms with Gasteiger partial charge in [0.15, 0.2) is 15.8 Å². The summed E-state index contributed by atoms with van der Waals surface area (Å²) in [6.45, 7) is 4.77. The Morgan fingerprint density at radius 2 is 2.00 bits per heavy atom. The van der Waals surface area contributed by atoms with Crippen LogP contribution in [0.25, 0.3) is 0 Å². The van der Waals surface area contributed by atoms with Crippen LogP contribution in [0.1, 0.15) is 19.4 Å². The predicted octanol–water partition coefficient (Wildman–Crippen LogP) is 2.60. The van der Waals surface area contributed by atoms with Gasteiger partial charge in [0.25, 0.3) is 0 Å². The van der Waals surface area contributed by atoms with Crippen LogP contribution in [0.3, 0.4) is 0 Å². The minimum absolute atomic E-state index is 0.109.